The number of hydrogen-bond donors (Lipinski definition) is 1. The van der Waals surface area contributed by atoms with Crippen molar-refractivity contribution >= 4 is 11.3 Å². The first-order chi connectivity index (χ1) is 5.33. The summed E-state index contributed by atoms with van der Waals surface area (Å²) in [6.07, 6.45) is 1.20. The maximum atomic E-state index is 3.44. The molecule has 0 bridgehead atoms. The van der Waals surface area contributed by atoms with Crippen molar-refractivity contribution in [3.63, 3.8) is 0 Å². The number of hydrogen-bond acceptors (Lipinski definition) is 2. The predicted octanol–water partition coefficient (Wildman–Crippen LogP) is 2.64. The molecule has 1 atom stereocenters. The third kappa shape index (κ3) is 3.04. The van der Waals surface area contributed by atoms with Gasteiger partial charge in [-0.15, -0.1) is 0 Å². The second kappa shape index (κ2) is 4.52. The van der Waals surface area contributed by atoms with E-state index in [0.717, 1.165) is 6.54 Å². The Hall–Kier alpha value is -0.340. The molecule has 1 rings (SSSR count). The minimum Gasteiger partial charge on any atom is -0.310 e. The van der Waals surface area contributed by atoms with Gasteiger partial charge in [-0.1, -0.05) is 6.92 Å². The smallest absolute Gasteiger partial charge is 0.0216 e. The van der Waals surface area contributed by atoms with E-state index < -0.39 is 0 Å². The summed E-state index contributed by atoms with van der Waals surface area (Å²) in [6, 6.07) is 2.80. The molecule has 0 radical (unpaired) electrons. The summed E-state index contributed by atoms with van der Waals surface area (Å²) in [7, 11) is 0. The number of rotatable bonds is 4. The summed E-state index contributed by atoms with van der Waals surface area (Å²) in [5.74, 6) is 0. The van der Waals surface area contributed by atoms with Gasteiger partial charge in [-0.25, -0.2) is 0 Å². The molecule has 0 saturated carbocycles. The summed E-state index contributed by atoms with van der Waals surface area (Å²) in [5.41, 5.74) is 1.40. The molecule has 1 aromatic rings. The first-order valence-corrected chi connectivity index (χ1v) is 5.01. The summed E-state index contributed by atoms with van der Waals surface area (Å²) >= 11 is 1.76. The van der Waals surface area contributed by atoms with E-state index in [9.17, 15) is 0 Å². The van der Waals surface area contributed by atoms with Crippen molar-refractivity contribution in [3.05, 3.63) is 22.4 Å². The van der Waals surface area contributed by atoms with E-state index in [-0.39, 0.29) is 0 Å². The van der Waals surface area contributed by atoms with Crippen LogP contribution in [0.1, 0.15) is 25.8 Å². The Morgan fingerprint density at radius 2 is 2.45 bits per heavy atom. The lowest BCUT2D eigenvalue weighted by molar-refractivity contribution is 0.535. The zero-order valence-corrected chi connectivity index (χ0v) is 7.95. The fourth-order valence-electron chi connectivity index (χ4n) is 0.830. The van der Waals surface area contributed by atoms with E-state index in [2.05, 4.69) is 36.0 Å². The van der Waals surface area contributed by atoms with Crippen LogP contribution in [0.4, 0.5) is 0 Å². The summed E-state index contributed by atoms with van der Waals surface area (Å²) < 4.78 is 0. The van der Waals surface area contributed by atoms with E-state index in [4.69, 9.17) is 0 Å². The van der Waals surface area contributed by atoms with Crippen LogP contribution in [0.3, 0.4) is 0 Å². The zero-order valence-electron chi connectivity index (χ0n) is 7.13. The molecule has 0 aromatic carbocycles. The molecule has 1 aromatic heterocycles. The molecule has 62 valence electrons. The number of nitrogens with one attached hydrogen (secondary N) is 1. The van der Waals surface area contributed by atoms with Crippen LogP contribution < -0.4 is 5.32 Å². The molecule has 0 aliphatic rings. The van der Waals surface area contributed by atoms with Crippen molar-refractivity contribution in [1.29, 1.82) is 0 Å². The van der Waals surface area contributed by atoms with Crippen molar-refractivity contribution < 1.29 is 0 Å². The van der Waals surface area contributed by atoms with E-state index in [1.54, 1.807) is 11.3 Å². The lowest BCUT2D eigenvalue weighted by Crippen LogP contribution is -2.24. The highest BCUT2D eigenvalue weighted by Gasteiger charge is 1.97. The van der Waals surface area contributed by atoms with Crippen molar-refractivity contribution in [3.8, 4) is 0 Å². The Morgan fingerprint density at radius 3 is 3.00 bits per heavy atom. The highest BCUT2D eigenvalue weighted by Crippen LogP contribution is 2.05. The van der Waals surface area contributed by atoms with Gasteiger partial charge in [0.25, 0.3) is 0 Å². The maximum absolute atomic E-state index is 3.44. The van der Waals surface area contributed by atoms with Crippen molar-refractivity contribution in [2.45, 2.75) is 32.9 Å². The Balaban J connectivity index is 2.23. The summed E-state index contributed by atoms with van der Waals surface area (Å²) in [5, 5.41) is 7.75. The minimum absolute atomic E-state index is 0.634. The van der Waals surface area contributed by atoms with Gasteiger partial charge in [0.2, 0.25) is 0 Å². The average molecular weight is 169 g/mol. The average Bonchev–Trinajstić information content (AvgIpc) is 2.52. The van der Waals surface area contributed by atoms with Gasteiger partial charge in [0.15, 0.2) is 0 Å². The zero-order chi connectivity index (χ0) is 8.10. The van der Waals surface area contributed by atoms with Crippen LogP contribution in [0.2, 0.25) is 0 Å². The molecule has 0 fully saturated rings. The van der Waals surface area contributed by atoms with E-state index in [1.165, 1.54) is 12.0 Å². The molecule has 0 aliphatic heterocycles. The fraction of sp³-hybridized carbons (Fsp3) is 0.556. The Bertz CT molecular complexity index is 181. The number of thiophene rings is 1. The van der Waals surface area contributed by atoms with Crippen molar-refractivity contribution in [2.24, 2.45) is 0 Å². The van der Waals surface area contributed by atoms with Crippen LogP contribution in [-0.2, 0) is 6.54 Å². The van der Waals surface area contributed by atoms with Gasteiger partial charge in [-0.3, -0.25) is 0 Å². The molecule has 1 nitrogen and oxygen atoms in total. The molecule has 0 spiro atoms. The third-order valence-electron chi connectivity index (χ3n) is 1.85. The van der Waals surface area contributed by atoms with Crippen LogP contribution in [0.25, 0.3) is 0 Å². The molecule has 1 heterocycles. The Kier molecular flexibility index (Phi) is 3.60. The van der Waals surface area contributed by atoms with Crippen molar-refractivity contribution in [2.75, 3.05) is 0 Å². The Morgan fingerprint density at radius 1 is 1.64 bits per heavy atom. The monoisotopic (exact) mass is 169 g/mol. The maximum Gasteiger partial charge on any atom is 0.0216 e. The lowest BCUT2D eigenvalue weighted by Gasteiger charge is -2.09. The van der Waals surface area contributed by atoms with Gasteiger partial charge in [0.1, 0.15) is 0 Å². The topological polar surface area (TPSA) is 12.0 Å². The van der Waals surface area contributed by atoms with Gasteiger partial charge >= 0.3 is 0 Å². The first kappa shape index (κ1) is 8.75. The molecule has 0 amide bonds. The second-order valence-electron chi connectivity index (χ2n) is 2.82. The van der Waals surface area contributed by atoms with Gasteiger partial charge in [-0.2, -0.15) is 11.3 Å². The molecule has 0 saturated heterocycles. The highest BCUT2D eigenvalue weighted by atomic mass is 32.1. The molecule has 11 heavy (non-hydrogen) atoms. The highest BCUT2D eigenvalue weighted by molar-refractivity contribution is 7.07. The van der Waals surface area contributed by atoms with Crippen LogP contribution >= 0.6 is 11.3 Å². The van der Waals surface area contributed by atoms with Crippen LogP contribution in [0.5, 0.6) is 0 Å². The SMILES string of the molecule is CCC(C)NCc1ccsc1. The molecule has 0 aliphatic carbocycles. The quantitative estimate of drug-likeness (QED) is 0.730. The van der Waals surface area contributed by atoms with Crippen LogP contribution in [0, 0.1) is 0 Å². The van der Waals surface area contributed by atoms with Gasteiger partial charge < -0.3 is 5.32 Å². The van der Waals surface area contributed by atoms with Crippen LogP contribution in [-0.4, -0.2) is 6.04 Å². The van der Waals surface area contributed by atoms with E-state index in [0.29, 0.717) is 6.04 Å². The molecular weight excluding hydrogens is 154 g/mol. The molecule has 1 unspecified atom stereocenters. The van der Waals surface area contributed by atoms with Crippen molar-refractivity contribution in [1.82, 2.24) is 5.32 Å². The Labute approximate surface area is 72.4 Å². The van der Waals surface area contributed by atoms with E-state index >= 15 is 0 Å². The molecular formula is C9H15NS. The normalized spacial score (nSPS) is 13.3. The minimum atomic E-state index is 0.634. The molecule has 1 N–H and O–H groups in total. The predicted molar refractivity (Wildman–Crippen MR) is 50.9 cm³/mol. The fourth-order valence-corrected chi connectivity index (χ4v) is 1.50. The molecule has 2 heteroatoms. The van der Waals surface area contributed by atoms with Gasteiger partial charge in [-0.05, 0) is 35.7 Å². The summed E-state index contributed by atoms with van der Waals surface area (Å²) in [4.78, 5) is 0. The third-order valence-corrected chi connectivity index (χ3v) is 2.58. The van der Waals surface area contributed by atoms with E-state index in [1.807, 2.05) is 0 Å². The largest absolute Gasteiger partial charge is 0.310 e. The first-order valence-electron chi connectivity index (χ1n) is 4.07. The van der Waals surface area contributed by atoms with Gasteiger partial charge in [0, 0.05) is 12.6 Å². The standard InChI is InChI=1S/C9H15NS/c1-3-8(2)10-6-9-4-5-11-7-9/h4-5,7-8,10H,3,6H2,1-2H3. The van der Waals surface area contributed by atoms with Crippen LogP contribution in [0.15, 0.2) is 16.8 Å². The lowest BCUT2D eigenvalue weighted by atomic mass is 10.2. The summed E-state index contributed by atoms with van der Waals surface area (Å²) in [6.45, 7) is 5.43. The van der Waals surface area contributed by atoms with Gasteiger partial charge in [0.05, 0.1) is 0 Å². The second-order valence-corrected chi connectivity index (χ2v) is 3.60.